The van der Waals surface area contributed by atoms with Crippen LogP contribution in [0.2, 0.25) is 0 Å². The predicted molar refractivity (Wildman–Crippen MR) is 82.4 cm³/mol. The molecule has 0 heterocycles. The number of halogens is 2. The van der Waals surface area contributed by atoms with Crippen LogP contribution in [0.4, 0.5) is 15.8 Å². The van der Waals surface area contributed by atoms with E-state index in [-0.39, 0.29) is 11.5 Å². The summed E-state index contributed by atoms with van der Waals surface area (Å²) in [6.45, 7) is 3.72. The Morgan fingerprint density at radius 3 is 2.40 bits per heavy atom. The number of nitrogens with one attached hydrogen (secondary N) is 1. The van der Waals surface area contributed by atoms with Gasteiger partial charge >= 0.3 is 0 Å². The van der Waals surface area contributed by atoms with Crippen molar-refractivity contribution in [1.82, 2.24) is 0 Å². The van der Waals surface area contributed by atoms with Gasteiger partial charge < -0.3 is 11.1 Å². The van der Waals surface area contributed by atoms with Crippen molar-refractivity contribution in [3.63, 3.8) is 0 Å². The minimum Gasteiger partial charge on any atom is -0.399 e. The molecule has 0 unspecified atom stereocenters. The van der Waals surface area contributed by atoms with Crippen molar-refractivity contribution < 1.29 is 9.18 Å². The maximum Gasteiger partial charge on any atom is 0.256 e. The molecule has 2 aromatic rings. The van der Waals surface area contributed by atoms with Gasteiger partial charge in [-0.2, -0.15) is 0 Å². The molecule has 0 bridgehead atoms. The van der Waals surface area contributed by atoms with Crippen LogP contribution in [-0.2, 0) is 0 Å². The number of carbonyl (C=O) groups excluding carboxylic acids is 1. The molecule has 20 heavy (non-hydrogen) atoms. The van der Waals surface area contributed by atoms with Crippen molar-refractivity contribution >= 4 is 33.2 Å². The van der Waals surface area contributed by atoms with Crippen molar-refractivity contribution in [2.24, 2.45) is 0 Å². The standard InChI is InChI=1S/C15H14BrFN2O/c1-8-5-11(18)6-9(2)14(8)19-15(20)12-7-10(17)3-4-13(12)16/h3-7H,18H2,1-2H3,(H,19,20). The van der Waals surface area contributed by atoms with Gasteiger partial charge in [0.05, 0.1) is 5.56 Å². The van der Waals surface area contributed by atoms with Crippen molar-refractivity contribution in [3.8, 4) is 0 Å². The average Bonchev–Trinajstić information content (AvgIpc) is 2.36. The second kappa shape index (κ2) is 5.63. The van der Waals surface area contributed by atoms with Gasteiger partial charge in [-0.15, -0.1) is 0 Å². The Kier molecular flexibility index (Phi) is 4.09. The Morgan fingerprint density at radius 2 is 1.80 bits per heavy atom. The number of hydrogen-bond donors (Lipinski definition) is 2. The molecule has 2 aromatic carbocycles. The van der Waals surface area contributed by atoms with Gasteiger partial charge in [0.15, 0.2) is 0 Å². The summed E-state index contributed by atoms with van der Waals surface area (Å²) >= 11 is 3.25. The Labute approximate surface area is 125 Å². The van der Waals surface area contributed by atoms with E-state index in [4.69, 9.17) is 5.73 Å². The fraction of sp³-hybridized carbons (Fsp3) is 0.133. The lowest BCUT2D eigenvalue weighted by atomic mass is 10.1. The first kappa shape index (κ1) is 14.5. The molecule has 3 nitrogen and oxygen atoms in total. The number of aryl methyl sites for hydroxylation is 2. The smallest absolute Gasteiger partial charge is 0.256 e. The van der Waals surface area contributed by atoms with Crippen LogP contribution in [0, 0.1) is 19.7 Å². The van der Waals surface area contributed by atoms with Crippen molar-refractivity contribution in [3.05, 3.63) is 57.3 Å². The van der Waals surface area contributed by atoms with Gasteiger partial charge in [0, 0.05) is 15.8 Å². The van der Waals surface area contributed by atoms with Gasteiger partial charge in [-0.1, -0.05) is 0 Å². The molecule has 0 saturated carbocycles. The van der Waals surface area contributed by atoms with E-state index < -0.39 is 5.82 Å². The van der Waals surface area contributed by atoms with Gasteiger partial charge in [0.2, 0.25) is 0 Å². The zero-order chi connectivity index (χ0) is 14.9. The zero-order valence-corrected chi connectivity index (χ0v) is 12.7. The van der Waals surface area contributed by atoms with Crippen LogP contribution in [0.25, 0.3) is 0 Å². The maximum atomic E-state index is 13.2. The second-order valence-corrected chi connectivity index (χ2v) is 5.46. The molecule has 0 aliphatic rings. The van der Waals surface area contributed by atoms with Crippen LogP contribution in [-0.4, -0.2) is 5.91 Å². The van der Waals surface area contributed by atoms with E-state index in [0.717, 1.165) is 11.1 Å². The first-order valence-electron chi connectivity index (χ1n) is 6.01. The molecule has 0 saturated heterocycles. The Balaban J connectivity index is 2.35. The second-order valence-electron chi connectivity index (χ2n) is 4.61. The molecule has 0 aliphatic heterocycles. The number of rotatable bonds is 2. The number of benzene rings is 2. The van der Waals surface area contributed by atoms with Crippen LogP contribution in [0.15, 0.2) is 34.8 Å². The van der Waals surface area contributed by atoms with Crippen LogP contribution in [0.5, 0.6) is 0 Å². The van der Waals surface area contributed by atoms with Gasteiger partial charge in [-0.05, 0) is 71.2 Å². The highest BCUT2D eigenvalue weighted by molar-refractivity contribution is 9.10. The molecule has 104 valence electrons. The van der Waals surface area contributed by atoms with Crippen molar-refractivity contribution in [2.45, 2.75) is 13.8 Å². The fourth-order valence-electron chi connectivity index (χ4n) is 2.05. The summed E-state index contributed by atoms with van der Waals surface area (Å²) in [6, 6.07) is 7.56. The first-order valence-corrected chi connectivity index (χ1v) is 6.81. The maximum absolute atomic E-state index is 13.2. The van der Waals surface area contributed by atoms with Crippen molar-refractivity contribution in [1.29, 1.82) is 0 Å². The number of anilines is 2. The highest BCUT2D eigenvalue weighted by atomic mass is 79.9. The highest BCUT2D eigenvalue weighted by Gasteiger charge is 2.14. The van der Waals surface area contributed by atoms with Gasteiger partial charge in [-0.3, -0.25) is 4.79 Å². The zero-order valence-electron chi connectivity index (χ0n) is 11.1. The largest absolute Gasteiger partial charge is 0.399 e. The molecular formula is C15H14BrFN2O. The topological polar surface area (TPSA) is 55.1 Å². The number of hydrogen-bond acceptors (Lipinski definition) is 2. The molecular weight excluding hydrogens is 323 g/mol. The van der Waals surface area contributed by atoms with Crippen LogP contribution >= 0.6 is 15.9 Å². The molecule has 0 atom stereocenters. The Morgan fingerprint density at radius 1 is 1.20 bits per heavy atom. The third kappa shape index (κ3) is 2.99. The lowest BCUT2D eigenvalue weighted by molar-refractivity contribution is 0.102. The van der Waals surface area contributed by atoms with E-state index in [9.17, 15) is 9.18 Å². The van der Waals surface area contributed by atoms with Gasteiger partial charge in [0.1, 0.15) is 5.82 Å². The molecule has 5 heteroatoms. The fourth-order valence-corrected chi connectivity index (χ4v) is 2.47. The van der Waals surface area contributed by atoms with Gasteiger partial charge in [-0.25, -0.2) is 4.39 Å². The summed E-state index contributed by atoms with van der Waals surface area (Å²) in [6.07, 6.45) is 0. The molecule has 1 amide bonds. The van der Waals surface area contributed by atoms with Crippen LogP contribution in [0.3, 0.4) is 0 Å². The van der Waals surface area contributed by atoms with E-state index in [0.29, 0.717) is 15.8 Å². The summed E-state index contributed by atoms with van der Waals surface area (Å²) < 4.78 is 13.8. The summed E-state index contributed by atoms with van der Waals surface area (Å²) in [5.74, 6) is -0.823. The molecule has 0 radical (unpaired) electrons. The average molecular weight is 337 g/mol. The van der Waals surface area contributed by atoms with E-state index in [1.165, 1.54) is 18.2 Å². The lowest BCUT2D eigenvalue weighted by Crippen LogP contribution is -2.15. The number of nitrogen functional groups attached to an aromatic ring is 1. The summed E-state index contributed by atoms with van der Waals surface area (Å²) in [5.41, 5.74) is 9.06. The molecule has 0 fully saturated rings. The Bertz CT molecular complexity index is 663. The quantitative estimate of drug-likeness (QED) is 0.813. The highest BCUT2D eigenvalue weighted by Crippen LogP contribution is 2.25. The third-order valence-electron chi connectivity index (χ3n) is 2.97. The van der Waals surface area contributed by atoms with Gasteiger partial charge in [0.25, 0.3) is 5.91 Å². The lowest BCUT2D eigenvalue weighted by Gasteiger charge is -2.13. The molecule has 3 N–H and O–H groups in total. The first-order chi connectivity index (χ1) is 9.38. The molecule has 0 spiro atoms. The summed E-state index contributed by atoms with van der Waals surface area (Å²) in [5, 5.41) is 2.80. The monoisotopic (exact) mass is 336 g/mol. The molecule has 2 rings (SSSR count). The number of carbonyl (C=O) groups is 1. The minimum atomic E-state index is -0.455. The number of nitrogens with two attached hydrogens (primary N) is 1. The number of amides is 1. The Hall–Kier alpha value is -1.88. The predicted octanol–water partition coefficient (Wildman–Crippen LogP) is 4.04. The van der Waals surface area contributed by atoms with Crippen LogP contribution < -0.4 is 11.1 Å². The van der Waals surface area contributed by atoms with Crippen LogP contribution in [0.1, 0.15) is 21.5 Å². The SMILES string of the molecule is Cc1cc(N)cc(C)c1NC(=O)c1cc(F)ccc1Br. The van der Waals surface area contributed by atoms with E-state index in [1.54, 1.807) is 12.1 Å². The third-order valence-corrected chi connectivity index (χ3v) is 3.66. The van der Waals surface area contributed by atoms with Crippen molar-refractivity contribution in [2.75, 3.05) is 11.1 Å². The molecule has 0 aromatic heterocycles. The molecule has 0 aliphatic carbocycles. The van der Waals surface area contributed by atoms with E-state index in [1.807, 2.05) is 13.8 Å². The summed E-state index contributed by atoms with van der Waals surface area (Å²) in [7, 11) is 0. The summed E-state index contributed by atoms with van der Waals surface area (Å²) in [4.78, 5) is 12.2. The minimum absolute atomic E-state index is 0.251. The van der Waals surface area contributed by atoms with E-state index in [2.05, 4.69) is 21.2 Å². The normalized spacial score (nSPS) is 10.4. The van der Waals surface area contributed by atoms with E-state index >= 15 is 0 Å².